The van der Waals surface area contributed by atoms with Gasteiger partial charge in [0.2, 0.25) is 0 Å². The first kappa shape index (κ1) is 17.4. The smallest absolute Gasteiger partial charge is 0.132 e. The fraction of sp³-hybridized carbons (Fsp3) is 0.833. The van der Waals surface area contributed by atoms with E-state index < -0.39 is 0 Å². The minimum Gasteiger partial charge on any atom is -0.370 e. The summed E-state index contributed by atoms with van der Waals surface area (Å²) >= 11 is 0. The molecular weight excluding hydrogens is 248 g/mol. The summed E-state index contributed by atoms with van der Waals surface area (Å²) < 4.78 is 6.11. The molecule has 1 rings (SSSR count). The monoisotopic (exact) mass is 280 g/mol. The third kappa shape index (κ3) is 5.78. The molecule has 0 aromatic carbocycles. The quantitative estimate of drug-likeness (QED) is 0.560. The van der Waals surface area contributed by atoms with Crippen molar-refractivity contribution in [1.82, 2.24) is 0 Å². The minimum atomic E-state index is 0.190. The Kier molecular flexibility index (Phi) is 7.50. The molecule has 0 saturated carbocycles. The summed E-state index contributed by atoms with van der Waals surface area (Å²) in [5, 5.41) is 0. The van der Waals surface area contributed by atoms with Crippen LogP contribution in [0.3, 0.4) is 0 Å². The van der Waals surface area contributed by atoms with Crippen LogP contribution >= 0.6 is 0 Å². The van der Waals surface area contributed by atoms with Crippen molar-refractivity contribution >= 4 is 5.78 Å². The Balaban J connectivity index is 2.27. The third-order valence-electron chi connectivity index (χ3n) is 4.55. The lowest BCUT2D eigenvalue weighted by Gasteiger charge is -2.18. The Labute approximate surface area is 125 Å². The predicted molar refractivity (Wildman–Crippen MR) is 84.8 cm³/mol. The van der Waals surface area contributed by atoms with Crippen molar-refractivity contribution in [1.29, 1.82) is 0 Å². The summed E-state index contributed by atoms with van der Waals surface area (Å²) in [6.45, 7) is 12.4. The van der Waals surface area contributed by atoms with Crippen LogP contribution in [0.15, 0.2) is 12.2 Å². The van der Waals surface area contributed by atoms with Crippen LogP contribution in [0, 0.1) is 11.8 Å². The van der Waals surface area contributed by atoms with Crippen LogP contribution in [0.5, 0.6) is 0 Å². The van der Waals surface area contributed by atoms with E-state index in [1.165, 1.54) is 24.8 Å². The Morgan fingerprint density at radius 2 is 2.10 bits per heavy atom. The number of ether oxygens (including phenoxy) is 1. The van der Waals surface area contributed by atoms with Crippen molar-refractivity contribution in [3.8, 4) is 0 Å². The van der Waals surface area contributed by atoms with Gasteiger partial charge in [0, 0.05) is 5.92 Å². The standard InChI is InChI=1S/C18H32O2/c1-6-7-8-17-12-15(4)18(20-17)10-9-13(2)11-14(3)16(5)19/h13-14,17-18H,4,6-12H2,1-3,5H3/t13-,14-,17+,18+/m1/s1. The lowest BCUT2D eigenvalue weighted by atomic mass is 9.90. The van der Waals surface area contributed by atoms with E-state index in [1.54, 1.807) is 6.92 Å². The zero-order chi connectivity index (χ0) is 15.1. The first-order chi connectivity index (χ1) is 9.43. The van der Waals surface area contributed by atoms with E-state index in [0.717, 1.165) is 25.7 Å². The molecule has 4 atom stereocenters. The van der Waals surface area contributed by atoms with E-state index in [4.69, 9.17) is 4.74 Å². The molecule has 0 aliphatic carbocycles. The van der Waals surface area contributed by atoms with Crippen LogP contribution < -0.4 is 0 Å². The fourth-order valence-corrected chi connectivity index (χ4v) is 3.00. The predicted octanol–water partition coefficient (Wildman–Crippen LogP) is 4.92. The molecule has 0 N–H and O–H groups in total. The summed E-state index contributed by atoms with van der Waals surface area (Å²) in [6.07, 6.45) is 8.54. The second-order valence-electron chi connectivity index (χ2n) is 6.68. The molecule has 1 aliphatic rings. The summed E-state index contributed by atoms with van der Waals surface area (Å²) in [5.41, 5.74) is 1.28. The highest BCUT2D eigenvalue weighted by atomic mass is 16.5. The highest BCUT2D eigenvalue weighted by molar-refractivity contribution is 5.77. The molecule has 0 unspecified atom stereocenters. The number of unbranched alkanes of at least 4 members (excludes halogenated alkanes) is 1. The van der Waals surface area contributed by atoms with E-state index in [1.807, 2.05) is 6.92 Å². The van der Waals surface area contributed by atoms with Gasteiger partial charge in [0.1, 0.15) is 5.78 Å². The van der Waals surface area contributed by atoms with Crippen LogP contribution in [-0.2, 0) is 9.53 Å². The molecule has 0 amide bonds. The van der Waals surface area contributed by atoms with Crippen molar-refractivity contribution < 1.29 is 9.53 Å². The second-order valence-corrected chi connectivity index (χ2v) is 6.68. The number of carbonyl (C=O) groups is 1. The van der Waals surface area contributed by atoms with Gasteiger partial charge in [-0.1, -0.05) is 40.2 Å². The van der Waals surface area contributed by atoms with Gasteiger partial charge in [-0.25, -0.2) is 0 Å². The molecule has 0 bridgehead atoms. The Hall–Kier alpha value is -0.630. The van der Waals surface area contributed by atoms with E-state index in [2.05, 4.69) is 20.4 Å². The third-order valence-corrected chi connectivity index (χ3v) is 4.55. The molecule has 116 valence electrons. The van der Waals surface area contributed by atoms with Gasteiger partial charge in [0.25, 0.3) is 0 Å². The summed E-state index contributed by atoms with van der Waals surface area (Å²) in [7, 11) is 0. The largest absolute Gasteiger partial charge is 0.370 e. The van der Waals surface area contributed by atoms with Crippen molar-refractivity contribution in [2.24, 2.45) is 11.8 Å². The van der Waals surface area contributed by atoms with E-state index in [0.29, 0.717) is 17.8 Å². The maximum absolute atomic E-state index is 11.3. The van der Waals surface area contributed by atoms with Crippen LogP contribution in [0.25, 0.3) is 0 Å². The average Bonchev–Trinajstić information content (AvgIpc) is 2.74. The van der Waals surface area contributed by atoms with Crippen LogP contribution in [0.4, 0.5) is 0 Å². The Morgan fingerprint density at radius 3 is 2.70 bits per heavy atom. The lowest BCUT2D eigenvalue weighted by molar-refractivity contribution is -0.120. The van der Waals surface area contributed by atoms with Crippen molar-refractivity contribution in [2.75, 3.05) is 0 Å². The maximum Gasteiger partial charge on any atom is 0.132 e. The Morgan fingerprint density at radius 1 is 1.40 bits per heavy atom. The number of hydrogen-bond donors (Lipinski definition) is 0. The molecular formula is C18H32O2. The summed E-state index contributed by atoms with van der Waals surface area (Å²) in [4.78, 5) is 11.3. The molecule has 0 spiro atoms. The second kappa shape index (κ2) is 8.61. The van der Waals surface area contributed by atoms with Gasteiger partial charge < -0.3 is 4.74 Å². The van der Waals surface area contributed by atoms with Gasteiger partial charge in [0.15, 0.2) is 0 Å². The number of carbonyl (C=O) groups excluding carboxylic acids is 1. The molecule has 0 aromatic rings. The summed E-state index contributed by atoms with van der Waals surface area (Å²) in [6, 6.07) is 0. The van der Waals surface area contributed by atoms with Gasteiger partial charge >= 0.3 is 0 Å². The molecule has 0 radical (unpaired) electrons. The zero-order valence-electron chi connectivity index (χ0n) is 13.8. The van der Waals surface area contributed by atoms with Crippen LogP contribution in [0.2, 0.25) is 0 Å². The first-order valence-electron chi connectivity index (χ1n) is 8.27. The molecule has 1 fully saturated rings. The topological polar surface area (TPSA) is 26.3 Å². The molecule has 1 heterocycles. The average molecular weight is 280 g/mol. The van der Waals surface area contributed by atoms with Gasteiger partial charge in [-0.3, -0.25) is 4.79 Å². The molecule has 1 saturated heterocycles. The maximum atomic E-state index is 11.3. The highest BCUT2D eigenvalue weighted by Gasteiger charge is 2.28. The number of ketones is 1. The van der Waals surface area contributed by atoms with Crippen LogP contribution in [-0.4, -0.2) is 18.0 Å². The lowest BCUT2D eigenvalue weighted by Crippen LogP contribution is -2.15. The van der Waals surface area contributed by atoms with Crippen molar-refractivity contribution in [2.45, 2.75) is 84.8 Å². The first-order valence-corrected chi connectivity index (χ1v) is 8.27. The molecule has 2 heteroatoms. The van der Waals surface area contributed by atoms with Crippen LogP contribution in [0.1, 0.15) is 72.6 Å². The van der Waals surface area contributed by atoms with Gasteiger partial charge in [-0.2, -0.15) is 0 Å². The molecule has 2 nitrogen and oxygen atoms in total. The molecule has 20 heavy (non-hydrogen) atoms. The van der Waals surface area contributed by atoms with Gasteiger partial charge in [0.05, 0.1) is 12.2 Å². The van der Waals surface area contributed by atoms with Gasteiger partial charge in [-0.05, 0) is 50.5 Å². The minimum absolute atomic E-state index is 0.190. The van der Waals surface area contributed by atoms with E-state index in [9.17, 15) is 4.79 Å². The SMILES string of the molecule is C=C1C[C@H](CCCC)O[C@H]1CC[C@@H](C)C[C@@H](C)C(C)=O. The fourth-order valence-electron chi connectivity index (χ4n) is 3.00. The molecule has 1 aliphatic heterocycles. The number of Topliss-reactive ketones (excluding diaryl/α,β-unsaturated/α-hetero) is 1. The van der Waals surface area contributed by atoms with E-state index >= 15 is 0 Å². The van der Waals surface area contributed by atoms with Crippen molar-refractivity contribution in [3.05, 3.63) is 12.2 Å². The highest BCUT2D eigenvalue weighted by Crippen LogP contribution is 2.31. The zero-order valence-corrected chi connectivity index (χ0v) is 13.8. The van der Waals surface area contributed by atoms with Gasteiger partial charge in [-0.15, -0.1) is 0 Å². The van der Waals surface area contributed by atoms with Crippen molar-refractivity contribution in [3.63, 3.8) is 0 Å². The molecule has 0 aromatic heterocycles. The Bertz CT molecular complexity index is 321. The number of rotatable bonds is 9. The summed E-state index contributed by atoms with van der Waals surface area (Å²) in [5.74, 6) is 1.08. The van der Waals surface area contributed by atoms with E-state index in [-0.39, 0.29) is 12.0 Å². The number of hydrogen-bond acceptors (Lipinski definition) is 2. The normalized spacial score (nSPS) is 25.7.